The first kappa shape index (κ1) is 22.6. The zero-order valence-electron chi connectivity index (χ0n) is 19.0. The Morgan fingerprint density at radius 2 is 1.83 bits per heavy atom. The van der Waals surface area contributed by atoms with Crippen LogP contribution in [0.1, 0.15) is 28.5 Å². The normalized spacial score (nSPS) is 12.0. The van der Waals surface area contributed by atoms with Crippen LogP contribution in [0, 0.1) is 0 Å². The second-order valence-corrected chi connectivity index (χ2v) is 8.22. The largest absolute Gasteiger partial charge is 0.416 e. The average molecular weight is 481 g/mol. The Balaban J connectivity index is 1.45. The van der Waals surface area contributed by atoms with E-state index in [0.717, 1.165) is 40.7 Å². The number of rotatable bonds is 6. The van der Waals surface area contributed by atoms with Crippen molar-refractivity contribution in [1.82, 2.24) is 34.7 Å². The van der Waals surface area contributed by atoms with E-state index in [9.17, 15) is 18.0 Å². The maximum atomic E-state index is 13.0. The van der Waals surface area contributed by atoms with Gasteiger partial charge in [-0.05, 0) is 49.4 Å². The lowest BCUT2D eigenvalue weighted by molar-refractivity contribution is -0.137. The number of carbonyl (C=O) groups excluding carboxylic acids is 1. The minimum atomic E-state index is -4.41. The van der Waals surface area contributed by atoms with Crippen molar-refractivity contribution >= 4 is 27.8 Å². The minimum Gasteiger partial charge on any atom is -0.352 e. The van der Waals surface area contributed by atoms with Gasteiger partial charge in [0.05, 0.1) is 16.8 Å². The molecule has 1 amide bonds. The molecule has 0 bridgehead atoms. The Morgan fingerprint density at radius 3 is 2.51 bits per heavy atom. The Hall–Kier alpha value is -4.15. The fraction of sp³-hybridized carbons (Fsp3) is 0.250. The Labute approximate surface area is 197 Å². The number of fused-ring (bicyclic) bond motifs is 3. The highest BCUT2D eigenvalue weighted by molar-refractivity contribution is 6.10. The third kappa shape index (κ3) is 4.25. The molecule has 0 fully saturated rings. The molecule has 180 valence electrons. The van der Waals surface area contributed by atoms with Gasteiger partial charge in [0.15, 0.2) is 5.65 Å². The molecule has 0 aliphatic rings. The number of alkyl halides is 3. The Kier molecular flexibility index (Phi) is 5.54. The van der Waals surface area contributed by atoms with E-state index >= 15 is 0 Å². The summed E-state index contributed by atoms with van der Waals surface area (Å²) in [5.74, 6) is -0.228. The summed E-state index contributed by atoms with van der Waals surface area (Å²) in [5.41, 5.74) is 2.45. The molecule has 0 aliphatic carbocycles. The number of hydrogen-bond donors (Lipinski definition) is 1. The highest BCUT2D eigenvalue weighted by Gasteiger charge is 2.30. The maximum Gasteiger partial charge on any atom is 0.416 e. The molecule has 1 N–H and O–H groups in total. The van der Waals surface area contributed by atoms with Gasteiger partial charge >= 0.3 is 6.18 Å². The van der Waals surface area contributed by atoms with Gasteiger partial charge in [0.25, 0.3) is 5.91 Å². The molecule has 0 unspecified atom stereocenters. The standard InChI is InChI=1S/C24H22F3N7O/c1-3-33-13-17(29-31-33)10-11-28-23(35)15-4-9-21-19(12-15)20-14-32(2)30-22(20)34(21)18-7-5-16(6-8-18)24(25,26)27/h4-9,12-14H,3,10-11H2,1-2H3,(H,28,35). The van der Waals surface area contributed by atoms with Crippen molar-refractivity contribution in [3.63, 3.8) is 0 Å². The van der Waals surface area contributed by atoms with E-state index < -0.39 is 11.7 Å². The van der Waals surface area contributed by atoms with Crippen LogP contribution in [0.4, 0.5) is 13.2 Å². The predicted octanol–water partition coefficient (Wildman–Crippen LogP) is 4.12. The number of carbonyl (C=O) groups is 1. The van der Waals surface area contributed by atoms with Gasteiger partial charge in [0, 0.05) is 61.0 Å². The summed E-state index contributed by atoms with van der Waals surface area (Å²) in [6.45, 7) is 3.11. The summed E-state index contributed by atoms with van der Waals surface area (Å²) in [7, 11) is 1.77. The van der Waals surface area contributed by atoms with Crippen LogP contribution in [-0.2, 0) is 26.2 Å². The van der Waals surface area contributed by atoms with Crippen molar-refractivity contribution in [3.8, 4) is 5.69 Å². The van der Waals surface area contributed by atoms with Crippen LogP contribution < -0.4 is 5.32 Å². The molecule has 35 heavy (non-hydrogen) atoms. The molecule has 0 atom stereocenters. The summed E-state index contributed by atoms with van der Waals surface area (Å²) in [6.07, 6.45) is -0.171. The van der Waals surface area contributed by atoms with E-state index in [-0.39, 0.29) is 5.91 Å². The summed E-state index contributed by atoms with van der Waals surface area (Å²) in [6, 6.07) is 10.2. The molecule has 0 radical (unpaired) electrons. The predicted molar refractivity (Wildman–Crippen MR) is 124 cm³/mol. The second kappa shape index (κ2) is 8.57. The summed E-state index contributed by atoms with van der Waals surface area (Å²) >= 11 is 0. The smallest absolute Gasteiger partial charge is 0.352 e. The van der Waals surface area contributed by atoms with Gasteiger partial charge in [-0.2, -0.15) is 18.3 Å². The molecule has 0 spiro atoms. The monoisotopic (exact) mass is 481 g/mol. The van der Waals surface area contributed by atoms with Crippen molar-refractivity contribution in [1.29, 1.82) is 0 Å². The SMILES string of the molecule is CCn1cc(CCNC(=O)c2ccc3c(c2)c2cn(C)nc2n3-c2ccc(C(F)(F)F)cc2)nn1. The quantitative estimate of drug-likeness (QED) is 0.396. The van der Waals surface area contributed by atoms with Crippen molar-refractivity contribution < 1.29 is 18.0 Å². The van der Waals surface area contributed by atoms with Crippen LogP contribution in [0.15, 0.2) is 54.9 Å². The van der Waals surface area contributed by atoms with Crippen molar-refractivity contribution in [2.45, 2.75) is 26.1 Å². The number of nitrogens with zero attached hydrogens (tertiary/aromatic N) is 6. The van der Waals surface area contributed by atoms with E-state index in [1.807, 2.05) is 19.3 Å². The van der Waals surface area contributed by atoms with Crippen molar-refractivity contribution in [3.05, 3.63) is 71.7 Å². The highest BCUT2D eigenvalue weighted by Crippen LogP contribution is 2.34. The van der Waals surface area contributed by atoms with Crippen LogP contribution in [0.3, 0.4) is 0 Å². The topological polar surface area (TPSA) is 82.6 Å². The second-order valence-electron chi connectivity index (χ2n) is 8.22. The van der Waals surface area contributed by atoms with Crippen LogP contribution in [0.25, 0.3) is 27.6 Å². The molecule has 2 aromatic carbocycles. The van der Waals surface area contributed by atoms with E-state index in [4.69, 9.17) is 0 Å². The van der Waals surface area contributed by atoms with Gasteiger partial charge in [-0.1, -0.05) is 5.21 Å². The zero-order chi connectivity index (χ0) is 24.7. The molecule has 3 heterocycles. The molecular formula is C24H22F3N7O. The Morgan fingerprint density at radius 1 is 1.06 bits per heavy atom. The van der Waals surface area contributed by atoms with Crippen LogP contribution >= 0.6 is 0 Å². The number of benzene rings is 2. The first-order valence-electron chi connectivity index (χ1n) is 11.1. The molecule has 0 saturated heterocycles. The van der Waals surface area contributed by atoms with Crippen LogP contribution in [-0.4, -0.2) is 41.8 Å². The van der Waals surface area contributed by atoms with E-state index in [1.54, 1.807) is 39.2 Å². The molecule has 3 aromatic heterocycles. The molecular weight excluding hydrogens is 459 g/mol. The number of aromatic nitrogens is 6. The van der Waals surface area contributed by atoms with Gasteiger partial charge in [-0.25, -0.2) is 0 Å². The lowest BCUT2D eigenvalue weighted by atomic mass is 10.1. The third-order valence-electron chi connectivity index (χ3n) is 5.84. The molecule has 0 aliphatic heterocycles. The fourth-order valence-corrected chi connectivity index (χ4v) is 4.11. The first-order chi connectivity index (χ1) is 16.7. The van der Waals surface area contributed by atoms with E-state index in [1.165, 1.54) is 12.1 Å². The summed E-state index contributed by atoms with van der Waals surface area (Å²) in [4.78, 5) is 12.8. The number of halogens is 3. The number of amides is 1. The lowest BCUT2D eigenvalue weighted by Crippen LogP contribution is -2.25. The lowest BCUT2D eigenvalue weighted by Gasteiger charge is -2.10. The molecule has 8 nitrogen and oxygen atoms in total. The third-order valence-corrected chi connectivity index (χ3v) is 5.84. The number of nitrogens with one attached hydrogen (secondary N) is 1. The highest BCUT2D eigenvalue weighted by atomic mass is 19.4. The Bertz CT molecular complexity index is 1530. The molecule has 5 rings (SSSR count). The van der Waals surface area contributed by atoms with Crippen LogP contribution in [0.5, 0.6) is 0 Å². The van der Waals surface area contributed by atoms with E-state index in [0.29, 0.717) is 29.9 Å². The maximum absolute atomic E-state index is 13.0. The van der Waals surface area contributed by atoms with Gasteiger partial charge in [-0.3, -0.25) is 18.7 Å². The zero-order valence-corrected chi connectivity index (χ0v) is 19.0. The average Bonchev–Trinajstić information content (AvgIpc) is 3.52. The summed E-state index contributed by atoms with van der Waals surface area (Å²) in [5, 5.41) is 17.1. The first-order valence-corrected chi connectivity index (χ1v) is 11.1. The minimum absolute atomic E-state index is 0.228. The van der Waals surface area contributed by atoms with Gasteiger partial charge in [-0.15, -0.1) is 5.10 Å². The molecule has 5 aromatic rings. The van der Waals surface area contributed by atoms with E-state index in [2.05, 4.69) is 20.7 Å². The molecule has 11 heteroatoms. The van der Waals surface area contributed by atoms with Crippen LogP contribution in [0.2, 0.25) is 0 Å². The van der Waals surface area contributed by atoms with Crippen molar-refractivity contribution in [2.75, 3.05) is 6.54 Å². The molecule has 0 saturated carbocycles. The number of aryl methyl sites for hydroxylation is 2. The summed E-state index contributed by atoms with van der Waals surface area (Å²) < 4.78 is 44.2. The fourth-order valence-electron chi connectivity index (χ4n) is 4.11. The van der Waals surface area contributed by atoms with Gasteiger partial charge in [0.1, 0.15) is 0 Å². The number of hydrogen-bond acceptors (Lipinski definition) is 4. The van der Waals surface area contributed by atoms with Crippen molar-refractivity contribution in [2.24, 2.45) is 7.05 Å². The van der Waals surface area contributed by atoms with Gasteiger partial charge < -0.3 is 5.32 Å². The van der Waals surface area contributed by atoms with Gasteiger partial charge in [0.2, 0.25) is 0 Å².